The number of methoxy groups -OCH3 is 6. The molecule has 6 heterocycles. The van der Waals surface area contributed by atoms with Crippen LogP contribution in [-0.4, -0.2) is 110 Å². The van der Waals surface area contributed by atoms with E-state index >= 15 is 0 Å². The first-order valence-electron chi connectivity index (χ1n) is 44.5. The minimum Gasteiger partial charge on any atom is -0.497 e. The van der Waals surface area contributed by atoms with Gasteiger partial charge in [0.15, 0.2) is 31.7 Å². The normalized spacial score (nSPS) is 16.8. The number of para-hydroxylation sites is 5. The number of aromatic nitrogens is 1. The lowest BCUT2D eigenvalue weighted by Gasteiger charge is -2.15. The first-order chi connectivity index (χ1) is 69.0. The first kappa shape index (κ1) is 99.6. The average molecular weight is 1960 g/mol. The number of hydrogen-bond acceptors (Lipinski definition) is 22. The molecular formula is C114H97N11O11S5. The van der Waals surface area contributed by atoms with Crippen LogP contribution in [0.4, 0.5) is 39.9 Å². The van der Waals surface area contributed by atoms with Gasteiger partial charge in [0.2, 0.25) is 0 Å². The zero-order valence-electron chi connectivity index (χ0n) is 78.3. The zero-order chi connectivity index (χ0) is 98.2. The average Bonchev–Trinajstić information content (AvgIpc) is 2.10. The second kappa shape index (κ2) is 49.9. The molecule has 0 radical (unpaired) electrons. The van der Waals surface area contributed by atoms with Crippen LogP contribution in [0.1, 0.15) is 50.1 Å². The van der Waals surface area contributed by atoms with E-state index in [4.69, 9.17) is 43.4 Å². The standard InChI is InChI=1S/C25H22N2O2S.C24H20N2O3S.C24H20N2O2S.C23H19N3O2S.C18H16N2O2S/c1-29-18-21-12-8-11-20(15-21)16-23-24(28)27(22-13-6-3-7-14-22)25(30-23)26-17-19-9-4-2-5-10-19;1-28-20-12-8-17(9-13-20)16-22-23(27)26(19-6-4-3-5-7-19)24(30-22)25-18-10-14-21(29-2)15-11-18;1-28-21-14-12-18(13-15-21)16-22-23(27)26(20-10-6-3-7-11-20)24(29-22)25-17-19-8-4-2-5-9-19;1-16-8-13-21(24-15-16)25-23-26(18-6-4-3-5-7-18)22(27)20(29-23)14-17-9-11-19(28-2)12-10-17;1-19-18-20(14-6-4-3-5-7-14)17(21)16(23-18)12-13-8-10-15(22-2)11-9-13/h2-16H,17-18H2,1H3;3-16H,1-2H3;2-16H,17H2,1H3;3-15H,1-2H3;3-12H,1-2H3/b23-16-,26-25?;2*22-16-,25-24?;20-14-,25-23?;16-12-,19-18?. The molecule has 27 heteroatoms. The number of aliphatic imine (C=N–C) groups is 5. The van der Waals surface area contributed by atoms with Crippen molar-refractivity contribution in [1.29, 1.82) is 0 Å². The number of benzene rings is 13. The Morgan fingerprint density at radius 3 is 0.865 bits per heavy atom. The van der Waals surface area contributed by atoms with Crippen LogP contribution in [0.15, 0.2) is 426 Å². The van der Waals surface area contributed by atoms with Crippen molar-refractivity contribution < 1.29 is 52.4 Å². The molecule has 0 N–H and O–H groups in total. The summed E-state index contributed by atoms with van der Waals surface area (Å²) in [5.41, 5.74) is 13.8. The molecular weight excluding hydrogens is 1860 g/mol. The van der Waals surface area contributed by atoms with Gasteiger partial charge in [-0.15, -0.1) is 0 Å². The predicted octanol–water partition coefficient (Wildman–Crippen LogP) is 25.4. The highest BCUT2D eigenvalue weighted by molar-refractivity contribution is 8.20. The summed E-state index contributed by atoms with van der Waals surface area (Å²) in [5.74, 6) is 4.06. The molecule has 14 aromatic rings. The molecule has 5 aliphatic rings. The fraction of sp³-hybridized carbons (Fsp3) is 0.0965. The van der Waals surface area contributed by atoms with Crippen molar-refractivity contribution in [2.75, 3.05) is 74.2 Å². The van der Waals surface area contributed by atoms with E-state index in [1.54, 1.807) is 80.4 Å². The second-order valence-electron chi connectivity index (χ2n) is 31.1. The Morgan fingerprint density at radius 2 is 0.560 bits per heavy atom. The fourth-order valence-corrected chi connectivity index (χ4v) is 19.2. The van der Waals surface area contributed by atoms with Crippen LogP contribution in [-0.2, 0) is 48.4 Å². The highest BCUT2D eigenvalue weighted by Gasteiger charge is 2.40. The van der Waals surface area contributed by atoms with Crippen LogP contribution in [0.3, 0.4) is 0 Å². The van der Waals surface area contributed by atoms with Crippen molar-refractivity contribution in [3.05, 3.63) is 451 Å². The van der Waals surface area contributed by atoms with E-state index < -0.39 is 0 Å². The lowest BCUT2D eigenvalue weighted by Crippen LogP contribution is -2.28. The number of nitrogens with zero attached hydrogens (tertiary/aromatic N) is 11. The topological polar surface area (TPSA) is 232 Å². The number of rotatable bonds is 23. The third-order valence-corrected chi connectivity index (χ3v) is 26.4. The van der Waals surface area contributed by atoms with Crippen molar-refractivity contribution in [2.45, 2.75) is 26.6 Å². The van der Waals surface area contributed by atoms with Crippen molar-refractivity contribution in [3.63, 3.8) is 0 Å². The van der Waals surface area contributed by atoms with Gasteiger partial charge in [0.1, 0.15) is 28.7 Å². The monoisotopic (exact) mass is 1960 g/mol. The van der Waals surface area contributed by atoms with Gasteiger partial charge in [0.05, 0.1) is 114 Å². The van der Waals surface area contributed by atoms with Crippen LogP contribution in [0.25, 0.3) is 30.4 Å². The molecule has 1 aromatic heterocycles. The van der Waals surface area contributed by atoms with Gasteiger partial charge in [0, 0.05) is 20.4 Å². The van der Waals surface area contributed by atoms with Crippen molar-refractivity contribution in [3.8, 4) is 28.7 Å². The molecule has 141 heavy (non-hydrogen) atoms. The summed E-state index contributed by atoms with van der Waals surface area (Å²) in [7, 11) is 11.5. The summed E-state index contributed by atoms with van der Waals surface area (Å²) >= 11 is 6.89. The largest absolute Gasteiger partial charge is 0.497 e. The number of pyridine rings is 1. The number of thioether (sulfide) groups is 5. The molecule has 22 nitrogen and oxygen atoms in total. The zero-order valence-corrected chi connectivity index (χ0v) is 82.3. The second-order valence-corrected chi connectivity index (χ2v) is 36.1. The van der Waals surface area contributed by atoms with Gasteiger partial charge < -0.3 is 28.4 Å². The molecule has 5 aliphatic heterocycles. The molecule has 704 valence electrons. The van der Waals surface area contributed by atoms with Crippen LogP contribution in [0.2, 0.25) is 0 Å². The summed E-state index contributed by atoms with van der Waals surface area (Å²) in [6.45, 7) is 3.56. The minimum atomic E-state index is -0.108. The highest BCUT2D eigenvalue weighted by Crippen LogP contribution is 2.43. The van der Waals surface area contributed by atoms with Gasteiger partial charge in [-0.25, -0.2) is 15.0 Å². The van der Waals surface area contributed by atoms with Crippen molar-refractivity contribution in [1.82, 2.24) is 4.98 Å². The van der Waals surface area contributed by atoms with Gasteiger partial charge in [-0.1, -0.05) is 224 Å². The van der Waals surface area contributed by atoms with Crippen LogP contribution in [0.5, 0.6) is 28.7 Å². The Morgan fingerprint density at radius 1 is 0.284 bits per heavy atom. The number of carbonyl (C=O) groups excluding carboxylic acids is 5. The summed E-state index contributed by atoms with van der Waals surface area (Å²) in [6.07, 6.45) is 11.2. The summed E-state index contributed by atoms with van der Waals surface area (Å²) in [4.78, 5) is 105. The Labute approximate surface area is 841 Å². The predicted molar refractivity (Wildman–Crippen MR) is 581 cm³/mol. The van der Waals surface area contributed by atoms with Crippen LogP contribution >= 0.6 is 58.8 Å². The third-order valence-electron chi connectivity index (χ3n) is 21.4. The van der Waals surface area contributed by atoms with E-state index in [1.165, 1.54) is 58.8 Å². The SMILES string of the molecule is CN=C1S/C(=C\c2ccc(OC)cc2)C(=O)N1c1ccccc1.COCc1cccc(/C=C2\SC(=NCc3ccccc3)N(c3ccccc3)C2=O)c1.COc1ccc(/C=C2\SC(=NCc3ccccc3)N(c3ccccc3)C2=O)cc1.COc1ccc(/C=C2\SC(=Nc3ccc(C)cn3)N(c3ccccc3)C2=O)cc1.COc1ccc(/C=C2\SC(=Nc3ccc(OC)cc3)N(c3ccccc3)C2=O)cc1. The van der Waals surface area contributed by atoms with E-state index in [0.29, 0.717) is 75.9 Å². The van der Waals surface area contributed by atoms with Crippen molar-refractivity contribution in [2.24, 2.45) is 25.0 Å². The van der Waals surface area contributed by atoms with E-state index in [1.807, 2.05) is 407 Å². The van der Waals surface area contributed by atoms with E-state index in [2.05, 4.69) is 15.0 Å². The number of anilines is 5. The van der Waals surface area contributed by atoms with Gasteiger partial charge in [-0.05, 0) is 292 Å². The Hall–Kier alpha value is -15.9. The van der Waals surface area contributed by atoms with Gasteiger partial charge in [-0.3, -0.25) is 63.4 Å². The lowest BCUT2D eigenvalue weighted by molar-refractivity contribution is -0.114. The summed E-state index contributed by atoms with van der Waals surface area (Å²) in [5, 5.41) is 3.24. The number of amidine groups is 5. The highest BCUT2D eigenvalue weighted by atomic mass is 32.2. The lowest BCUT2D eigenvalue weighted by atomic mass is 10.1. The molecule has 0 unspecified atom stereocenters. The number of aryl methyl sites for hydroxylation is 1. The van der Waals surface area contributed by atoms with Crippen LogP contribution < -0.4 is 48.2 Å². The van der Waals surface area contributed by atoms with Gasteiger partial charge >= 0.3 is 0 Å². The van der Waals surface area contributed by atoms with E-state index in [-0.39, 0.29) is 29.5 Å². The molecule has 5 amide bonds. The minimum absolute atomic E-state index is 0.0578. The maximum atomic E-state index is 13.3. The summed E-state index contributed by atoms with van der Waals surface area (Å²) in [6, 6.07) is 118. The maximum absolute atomic E-state index is 13.3. The molecule has 19 rings (SSSR count). The molecule has 0 atom stereocenters. The molecule has 13 aromatic carbocycles. The molecule has 0 aliphatic carbocycles. The smallest absolute Gasteiger partial charge is 0.271 e. The van der Waals surface area contributed by atoms with E-state index in [0.717, 1.165) is 113 Å². The van der Waals surface area contributed by atoms with Gasteiger partial charge in [-0.2, -0.15) is 0 Å². The third kappa shape index (κ3) is 26.7. The Kier molecular flexibility index (Phi) is 35.3. The molecule has 5 fully saturated rings. The van der Waals surface area contributed by atoms with E-state index in [9.17, 15) is 24.0 Å². The summed E-state index contributed by atoms with van der Waals surface area (Å²) < 4.78 is 31.2. The quantitative estimate of drug-likeness (QED) is 0.0542. The molecule has 0 bridgehead atoms. The fourth-order valence-electron chi connectivity index (χ4n) is 14.3. The maximum Gasteiger partial charge on any atom is 0.271 e. The van der Waals surface area contributed by atoms with Crippen LogP contribution in [0, 0.1) is 6.92 Å². The first-order valence-corrected chi connectivity index (χ1v) is 48.6. The van der Waals surface area contributed by atoms with Crippen molar-refractivity contribution >= 4 is 185 Å². The number of hydrogen-bond donors (Lipinski definition) is 0. The Bertz CT molecular complexity index is 7010. The molecule has 0 spiro atoms. The Balaban J connectivity index is 0.000000133. The number of amides is 5. The molecule has 0 saturated carbocycles. The van der Waals surface area contributed by atoms with Gasteiger partial charge in [0.25, 0.3) is 29.5 Å². The molecule has 5 saturated heterocycles. The number of carbonyl (C=O) groups is 5. The number of ether oxygens (including phenoxy) is 6.